The molecule has 4 aromatic rings. The van der Waals surface area contributed by atoms with Crippen LogP contribution in [0, 0.1) is 0 Å². The summed E-state index contributed by atoms with van der Waals surface area (Å²) in [6.45, 7) is 0. The Kier molecular flexibility index (Phi) is 4.51. The van der Waals surface area contributed by atoms with Gasteiger partial charge in [-0.2, -0.15) is 0 Å². The molecule has 0 aliphatic carbocycles. The van der Waals surface area contributed by atoms with E-state index in [-0.39, 0.29) is 17.1 Å². The van der Waals surface area contributed by atoms with Crippen molar-refractivity contribution in [3.63, 3.8) is 0 Å². The Morgan fingerprint density at radius 3 is 2.62 bits per heavy atom. The maximum absolute atomic E-state index is 12.2. The van der Waals surface area contributed by atoms with Gasteiger partial charge in [0.15, 0.2) is 5.76 Å². The summed E-state index contributed by atoms with van der Waals surface area (Å²) in [5.74, 6) is -0.0305. The van der Waals surface area contributed by atoms with E-state index in [0.717, 1.165) is 15.3 Å². The highest BCUT2D eigenvalue weighted by atomic mass is 32.1. The fraction of sp³-hybridized carbons (Fsp3) is 0. The number of furan rings is 1. The van der Waals surface area contributed by atoms with E-state index in [1.165, 1.54) is 23.7 Å². The van der Waals surface area contributed by atoms with Crippen molar-refractivity contribution in [2.24, 2.45) is 0 Å². The molecule has 0 bridgehead atoms. The number of hydrogen-bond acceptors (Lipinski definition) is 5. The first kappa shape index (κ1) is 16.5. The number of carbonyl (C=O) groups is 1. The number of thiophene rings is 1. The molecule has 0 saturated heterocycles. The molecular weight excluding hydrogens is 366 g/mol. The summed E-state index contributed by atoms with van der Waals surface area (Å²) in [6, 6.07) is 17.4. The second-order valence-electron chi connectivity index (χ2n) is 5.48. The third kappa shape index (κ3) is 3.51. The minimum Gasteiger partial charge on any atom is -0.461 e. The predicted molar refractivity (Wildman–Crippen MR) is 105 cm³/mol. The van der Waals surface area contributed by atoms with Crippen molar-refractivity contribution in [2.45, 2.75) is 0 Å². The van der Waals surface area contributed by atoms with Crippen LogP contribution in [0.3, 0.4) is 0 Å². The van der Waals surface area contributed by atoms with E-state index in [0.29, 0.717) is 9.20 Å². The first-order valence-corrected chi connectivity index (χ1v) is 9.48. The van der Waals surface area contributed by atoms with Crippen LogP contribution in [0.5, 0.6) is 0 Å². The largest absolute Gasteiger partial charge is 0.461 e. The number of nitrogens with one attached hydrogen (secondary N) is 1. The van der Waals surface area contributed by atoms with Crippen molar-refractivity contribution in [3.05, 3.63) is 91.0 Å². The number of aromatic amines is 1. The maximum Gasteiger partial charge on any atom is 0.266 e. The predicted octanol–water partition coefficient (Wildman–Crippen LogP) is 3.25. The van der Waals surface area contributed by atoms with E-state index < -0.39 is 0 Å². The van der Waals surface area contributed by atoms with Gasteiger partial charge in [-0.1, -0.05) is 30.3 Å². The average Bonchev–Trinajstić information content (AvgIpc) is 3.39. The molecular formula is C20H13NO3S2. The maximum atomic E-state index is 12.2. The van der Waals surface area contributed by atoms with Gasteiger partial charge in [0.25, 0.3) is 5.56 Å². The monoisotopic (exact) mass is 379 g/mol. The van der Waals surface area contributed by atoms with Gasteiger partial charge in [-0.05, 0) is 35.9 Å². The molecule has 0 atom stereocenters. The topological polar surface area (TPSA) is 63.1 Å². The van der Waals surface area contributed by atoms with E-state index in [1.54, 1.807) is 23.5 Å². The molecule has 1 aromatic carbocycles. The van der Waals surface area contributed by atoms with Crippen LogP contribution in [0.4, 0.5) is 0 Å². The number of hydrogen-bond donors (Lipinski definition) is 1. The summed E-state index contributed by atoms with van der Waals surface area (Å²) in [5, 5.41) is 0. The molecule has 26 heavy (non-hydrogen) atoms. The summed E-state index contributed by atoms with van der Waals surface area (Å²) in [6.07, 6.45) is 4.67. The van der Waals surface area contributed by atoms with Gasteiger partial charge in [-0.3, -0.25) is 9.59 Å². The van der Waals surface area contributed by atoms with Crippen molar-refractivity contribution >= 4 is 40.6 Å². The Labute approximate surface area is 156 Å². The first-order chi connectivity index (χ1) is 12.7. The van der Waals surface area contributed by atoms with Crippen molar-refractivity contribution in [3.8, 4) is 10.4 Å². The molecule has 3 heterocycles. The Morgan fingerprint density at radius 2 is 1.85 bits per heavy atom. The zero-order chi connectivity index (χ0) is 17.9. The van der Waals surface area contributed by atoms with E-state index in [1.807, 2.05) is 36.4 Å². The zero-order valence-corrected chi connectivity index (χ0v) is 15.1. The molecule has 0 saturated carbocycles. The van der Waals surface area contributed by atoms with E-state index in [9.17, 15) is 9.59 Å². The number of thiazole rings is 1. The SMILES string of the molecule is O=C(/C=c1\[nH]c(=O)/c(=C\c2ccc(-c3ccccc3)s2)s1)c1ccco1. The number of carbonyl (C=O) groups excluding carboxylic acids is 1. The van der Waals surface area contributed by atoms with Gasteiger partial charge in [-0.25, -0.2) is 0 Å². The smallest absolute Gasteiger partial charge is 0.266 e. The molecule has 1 N–H and O–H groups in total. The van der Waals surface area contributed by atoms with Crippen molar-refractivity contribution in [1.82, 2.24) is 4.98 Å². The van der Waals surface area contributed by atoms with Crippen LogP contribution in [0.2, 0.25) is 0 Å². The highest BCUT2D eigenvalue weighted by Gasteiger charge is 2.06. The fourth-order valence-corrected chi connectivity index (χ4v) is 4.36. The number of aromatic nitrogens is 1. The Hall–Kier alpha value is -2.96. The quantitative estimate of drug-likeness (QED) is 0.554. The summed E-state index contributed by atoms with van der Waals surface area (Å²) in [4.78, 5) is 29.0. The van der Waals surface area contributed by atoms with Gasteiger partial charge in [0.1, 0.15) is 0 Å². The number of ketones is 1. The normalized spacial score (nSPS) is 12.6. The highest BCUT2D eigenvalue weighted by Crippen LogP contribution is 2.28. The third-order valence-corrected chi connectivity index (χ3v) is 5.71. The number of benzene rings is 1. The zero-order valence-electron chi connectivity index (χ0n) is 13.5. The molecule has 6 heteroatoms. The van der Waals surface area contributed by atoms with Crippen LogP contribution in [0.15, 0.2) is 70.1 Å². The second kappa shape index (κ2) is 7.11. The summed E-state index contributed by atoms with van der Waals surface area (Å²) in [5.41, 5.74) is 0.943. The number of Topliss-reactive ketones (excluding diaryl/α,β-unsaturated/α-hetero) is 1. The third-order valence-electron chi connectivity index (χ3n) is 3.67. The van der Waals surface area contributed by atoms with Crippen molar-refractivity contribution in [1.29, 1.82) is 0 Å². The Bertz CT molecular complexity index is 1210. The van der Waals surface area contributed by atoms with Crippen LogP contribution in [0.25, 0.3) is 22.6 Å². The molecule has 0 unspecified atom stereocenters. The lowest BCUT2D eigenvalue weighted by Gasteiger charge is -1.93. The molecule has 3 aromatic heterocycles. The van der Waals surface area contributed by atoms with Crippen molar-refractivity contribution in [2.75, 3.05) is 0 Å². The highest BCUT2D eigenvalue weighted by molar-refractivity contribution is 7.16. The Morgan fingerprint density at radius 1 is 1.00 bits per heavy atom. The van der Waals surface area contributed by atoms with Crippen LogP contribution < -0.4 is 14.8 Å². The molecule has 128 valence electrons. The minimum atomic E-state index is -0.276. The summed E-state index contributed by atoms with van der Waals surface area (Å²) in [7, 11) is 0. The first-order valence-electron chi connectivity index (χ1n) is 7.85. The van der Waals surface area contributed by atoms with Gasteiger partial charge in [0.2, 0.25) is 5.78 Å². The molecule has 0 aliphatic rings. The van der Waals surface area contributed by atoms with E-state index in [4.69, 9.17) is 4.42 Å². The fourth-order valence-electron chi connectivity index (χ4n) is 2.45. The second-order valence-corrected chi connectivity index (χ2v) is 7.68. The number of H-pyrrole nitrogens is 1. The average molecular weight is 379 g/mol. The molecule has 0 fully saturated rings. The van der Waals surface area contributed by atoms with Gasteiger partial charge >= 0.3 is 0 Å². The van der Waals surface area contributed by atoms with Crippen LogP contribution >= 0.6 is 22.7 Å². The number of rotatable bonds is 4. The van der Waals surface area contributed by atoms with Crippen LogP contribution in [-0.2, 0) is 0 Å². The lowest BCUT2D eigenvalue weighted by molar-refractivity contribution is 0.103. The van der Waals surface area contributed by atoms with E-state index >= 15 is 0 Å². The lowest BCUT2D eigenvalue weighted by Crippen LogP contribution is -2.19. The van der Waals surface area contributed by atoms with Gasteiger partial charge in [0.05, 0.1) is 15.5 Å². The molecule has 0 radical (unpaired) electrons. The lowest BCUT2D eigenvalue weighted by atomic mass is 10.2. The van der Waals surface area contributed by atoms with E-state index in [2.05, 4.69) is 17.1 Å². The minimum absolute atomic E-state index is 0.205. The van der Waals surface area contributed by atoms with Gasteiger partial charge in [0, 0.05) is 15.8 Å². The molecule has 4 rings (SSSR count). The Balaban J connectivity index is 1.67. The standard InChI is InChI=1S/C20H13NO3S2/c22-15(16-7-4-10-24-16)12-19-21-20(23)18(26-19)11-14-8-9-17(25-14)13-5-2-1-3-6-13/h1-12H,(H,21,23)/b18-11+,19-12+. The molecule has 0 spiro atoms. The van der Waals surface area contributed by atoms with Crippen LogP contribution in [-0.4, -0.2) is 10.8 Å². The van der Waals surface area contributed by atoms with Crippen LogP contribution in [0.1, 0.15) is 15.4 Å². The summed E-state index contributed by atoms with van der Waals surface area (Å²) < 4.78 is 6.13. The van der Waals surface area contributed by atoms with Crippen molar-refractivity contribution < 1.29 is 9.21 Å². The molecule has 4 nitrogen and oxygen atoms in total. The van der Waals surface area contributed by atoms with Gasteiger partial charge in [-0.15, -0.1) is 22.7 Å². The molecule has 0 aliphatic heterocycles. The summed E-state index contributed by atoms with van der Waals surface area (Å²) >= 11 is 2.87. The molecule has 0 amide bonds. The van der Waals surface area contributed by atoms with Gasteiger partial charge < -0.3 is 9.40 Å².